The largest absolute Gasteiger partial charge is 0.316 e. The molecule has 5 heteroatoms. The molecule has 1 atom stereocenters. The van der Waals surface area contributed by atoms with Gasteiger partial charge in [-0.05, 0) is 68.0 Å². The van der Waals surface area contributed by atoms with Crippen molar-refractivity contribution in [3.05, 3.63) is 29.3 Å². The molecule has 1 aromatic rings. The van der Waals surface area contributed by atoms with Gasteiger partial charge in [0.05, 0.1) is 4.90 Å². The number of sulfonamides is 1. The topological polar surface area (TPSA) is 58.2 Å². The fourth-order valence-corrected chi connectivity index (χ4v) is 4.08. The van der Waals surface area contributed by atoms with Crippen LogP contribution in [0.2, 0.25) is 0 Å². The maximum atomic E-state index is 12.3. The fraction of sp³-hybridized carbons (Fsp3) is 0.571. The number of nitrogens with one attached hydrogen (secondary N) is 2. The molecule has 1 fully saturated rings. The lowest BCUT2D eigenvalue weighted by Gasteiger charge is -2.11. The molecule has 1 aliphatic heterocycles. The summed E-state index contributed by atoms with van der Waals surface area (Å²) >= 11 is 0. The van der Waals surface area contributed by atoms with Gasteiger partial charge in [0.15, 0.2) is 0 Å². The van der Waals surface area contributed by atoms with Crippen LogP contribution in [-0.2, 0) is 22.9 Å². The van der Waals surface area contributed by atoms with Gasteiger partial charge in [-0.2, -0.15) is 0 Å². The number of benzene rings is 1. The third-order valence-electron chi connectivity index (χ3n) is 4.10. The molecule has 0 saturated carbocycles. The molecule has 1 unspecified atom stereocenters. The van der Waals surface area contributed by atoms with E-state index in [2.05, 4.69) is 10.0 Å². The Balaban J connectivity index is 1.72. The predicted octanol–water partition coefficient (Wildman–Crippen LogP) is 1.06. The van der Waals surface area contributed by atoms with Crippen LogP contribution in [0.15, 0.2) is 23.1 Å². The van der Waals surface area contributed by atoms with Crippen LogP contribution < -0.4 is 10.0 Å². The highest BCUT2D eigenvalue weighted by molar-refractivity contribution is 7.89. The average Bonchev–Trinajstić information content (AvgIpc) is 3.06. The number of rotatable bonds is 4. The summed E-state index contributed by atoms with van der Waals surface area (Å²) in [5.41, 5.74) is 2.50. The summed E-state index contributed by atoms with van der Waals surface area (Å²) in [6.45, 7) is 2.43. The minimum absolute atomic E-state index is 0.416. The molecule has 1 heterocycles. The van der Waals surface area contributed by atoms with E-state index in [9.17, 15) is 8.42 Å². The lowest BCUT2D eigenvalue weighted by Crippen LogP contribution is -2.30. The molecule has 2 aliphatic rings. The first-order chi connectivity index (χ1) is 9.15. The van der Waals surface area contributed by atoms with Crippen molar-refractivity contribution in [2.75, 3.05) is 19.6 Å². The Kier molecular flexibility index (Phi) is 3.60. The number of aryl methyl sites for hydroxylation is 2. The van der Waals surface area contributed by atoms with Crippen LogP contribution in [-0.4, -0.2) is 28.1 Å². The lowest BCUT2D eigenvalue weighted by atomic mass is 10.1. The molecule has 1 saturated heterocycles. The van der Waals surface area contributed by atoms with E-state index in [1.165, 1.54) is 11.1 Å². The average molecular weight is 280 g/mol. The van der Waals surface area contributed by atoms with Gasteiger partial charge in [0.2, 0.25) is 10.0 Å². The summed E-state index contributed by atoms with van der Waals surface area (Å²) in [6, 6.07) is 5.55. The van der Waals surface area contributed by atoms with Gasteiger partial charge in [-0.25, -0.2) is 13.1 Å². The molecule has 0 bridgehead atoms. The van der Waals surface area contributed by atoms with E-state index in [1.807, 2.05) is 12.1 Å². The zero-order valence-corrected chi connectivity index (χ0v) is 11.8. The van der Waals surface area contributed by atoms with Gasteiger partial charge in [0.25, 0.3) is 0 Å². The van der Waals surface area contributed by atoms with Crippen LogP contribution in [0.5, 0.6) is 0 Å². The van der Waals surface area contributed by atoms with Crippen molar-refractivity contribution in [2.24, 2.45) is 5.92 Å². The van der Waals surface area contributed by atoms with Crippen molar-refractivity contribution in [3.8, 4) is 0 Å². The highest BCUT2D eigenvalue weighted by Gasteiger charge is 2.21. The zero-order valence-electron chi connectivity index (χ0n) is 11.0. The third-order valence-corrected chi connectivity index (χ3v) is 5.53. The monoisotopic (exact) mass is 280 g/mol. The quantitative estimate of drug-likeness (QED) is 0.867. The van der Waals surface area contributed by atoms with Crippen LogP contribution in [0, 0.1) is 5.92 Å². The van der Waals surface area contributed by atoms with Crippen molar-refractivity contribution >= 4 is 10.0 Å². The Morgan fingerprint density at radius 1 is 1.26 bits per heavy atom. The molecule has 1 aliphatic carbocycles. The van der Waals surface area contributed by atoms with Gasteiger partial charge in [-0.1, -0.05) is 6.07 Å². The van der Waals surface area contributed by atoms with Gasteiger partial charge in [-0.15, -0.1) is 0 Å². The Morgan fingerprint density at radius 3 is 2.89 bits per heavy atom. The van der Waals surface area contributed by atoms with Gasteiger partial charge in [0, 0.05) is 6.54 Å². The Hall–Kier alpha value is -0.910. The SMILES string of the molecule is O=S(=O)(NCC1CCNC1)c1ccc2c(c1)CCC2. The molecule has 3 rings (SSSR count). The highest BCUT2D eigenvalue weighted by Crippen LogP contribution is 2.24. The summed E-state index contributed by atoms with van der Waals surface area (Å²) in [7, 11) is -3.35. The van der Waals surface area contributed by atoms with E-state index in [0.29, 0.717) is 17.4 Å². The fourth-order valence-electron chi connectivity index (χ4n) is 2.91. The van der Waals surface area contributed by atoms with E-state index in [0.717, 1.165) is 38.8 Å². The normalized spacial score (nSPS) is 22.6. The molecule has 4 nitrogen and oxygen atoms in total. The second kappa shape index (κ2) is 5.23. The van der Waals surface area contributed by atoms with Crippen molar-refractivity contribution in [1.29, 1.82) is 0 Å². The number of hydrogen-bond acceptors (Lipinski definition) is 3. The van der Waals surface area contributed by atoms with Gasteiger partial charge < -0.3 is 5.32 Å². The molecule has 0 amide bonds. The zero-order chi connectivity index (χ0) is 13.3. The molecule has 104 valence electrons. The molecular weight excluding hydrogens is 260 g/mol. The van der Waals surface area contributed by atoms with E-state index in [-0.39, 0.29) is 0 Å². The molecule has 2 N–H and O–H groups in total. The van der Waals surface area contributed by atoms with E-state index < -0.39 is 10.0 Å². The van der Waals surface area contributed by atoms with Gasteiger partial charge >= 0.3 is 0 Å². The standard InChI is InChI=1S/C14H20N2O2S/c17-19(18,16-10-11-6-7-15-9-11)14-5-4-12-2-1-3-13(12)8-14/h4-5,8,11,15-16H,1-3,6-7,9-10H2. The van der Waals surface area contributed by atoms with Crippen LogP contribution in [0.1, 0.15) is 24.0 Å². The Morgan fingerprint density at radius 2 is 2.11 bits per heavy atom. The van der Waals surface area contributed by atoms with Crippen molar-refractivity contribution in [3.63, 3.8) is 0 Å². The molecule has 0 aromatic heterocycles. The summed E-state index contributed by atoms with van der Waals surface area (Å²) in [6.07, 6.45) is 4.27. The van der Waals surface area contributed by atoms with E-state index in [1.54, 1.807) is 6.07 Å². The third kappa shape index (κ3) is 2.83. The van der Waals surface area contributed by atoms with Crippen LogP contribution in [0.3, 0.4) is 0 Å². The number of fused-ring (bicyclic) bond motifs is 1. The summed E-state index contributed by atoms with van der Waals surface area (Å²) in [5.74, 6) is 0.421. The number of hydrogen-bond donors (Lipinski definition) is 2. The second-order valence-electron chi connectivity index (χ2n) is 5.49. The molecule has 19 heavy (non-hydrogen) atoms. The van der Waals surface area contributed by atoms with E-state index >= 15 is 0 Å². The van der Waals surface area contributed by atoms with Crippen molar-refractivity contribution in [1.82, 2.24) is 10.0 Å². The molecule has 1 aromatic carbocycles. The van der Waals surface area contributed by atoms with Crippen molar-refractivity contribution < 1.29 is 8.42 Å². The molecule has 0 radical (unpaired) electrons. The minimum Gasteiger partial charge on any atom is -0.316 e. The Bertz CT molecular complexity index is 563. The first kappa shape index (κ1) is 13.1. The van der Waals surface area contributed by atoms with Crippen molar-refractivity contribution in [2.45, 2.75) is 30.6 Å². The Labute approximate surface area is 114 Å². The minimum atomic E-state index is -3.35. The second-order valence-corrected chi connectivity index (χ2v) is 7.26. The lowest BCUT2D eigenvalue weighted by molar-refractivity contribution is 0.538. The van der Waals surface area contributed by atoms with Crippen LogP contribution >= 0.6 is 0 Å². The smallest absolute Gasteiger partial charge is 0.240 e. The van der Waals surface area contributed by atoms with Gasteiger partial charge in [0.1, 0.15) is 0 Å². The summed E-state index contributed by atoms with van der Waals surface area (Å²) < 4.78 is 27.3. The van der Waals surface area contributed by atoms with E-state index in [4.69, 9.17) is 0 Å². The maximum absolute atomic E-state index is 12.3. The molecule has 0 spiro atoms. The summed E-state index contributed by atoms with van der Waals surface area (Å²) in [4.78, 5) is 0.416. The van der Waals surface area contributed by atoms with Gasteiger partial charge in [-0.3, -0.25) is 0 Å². The highest BCUT2D eigenvalue weighted by atomic mass is 32.2. The summed E-state index contributed by atoms with van der Waals surface area (Å²) in [5, 5.41) is 3.25. The predicted molar refractivity (Wildman–Crippen MR) is 74.6 cm³/mol. The maximum Gasteiger partial charge on any atom is 0.240 e. The molecular formula is C14H20N2O2S. The van der Waals surface area contributed by atoms with Crippen LogP contribution in [0.4, 0.5) is 0 Å². The first-order valence-corrected chi connectivity index (χ1v) is 8.46. The first-order valence-electron chi connectivity index (χ1n) is 6.97. The van der Waals surface area contributed by atoms with Crippen LogP contribution in [0.25, 0.3) is 0 Å².